The lowest BCUT2D eigenvalue weighted by molar-refractivity contribution is 0.768. The first-order valence-corrected chi connectivity index (χ1v) is 6.00. The Morgan fingerprint density at radius 2 is 2.19 bits per heavy atom. The molecule has 2 aromatic rings. The molecule has 0 aliphatic rings. The van der Waals surface area contributed by atoms with Crippen molar-refractivity contribution in [2.75, 3.05) is 5.73 Å². The van der Waals surface area contributed by atoms with Crippen LogP contribution in [0.5, 0.6) is 0 Å². The van der Waals surface area contributed by atoms with Gasteiger partial charge in [0.1, 0.15) is 5.82 Å². The van der Waals surface area contributed by atoms with Crippen molar-refractivity contribution in [3.05, 3.63) is 21.7 Å². The number of nitrogen functional groups attached to an aromatic ring is 1. The number of halogens is 1. The topological polar surface area (TPSA) is 69.6 Å². The summed E-state index contributed by atoms with van der Waals surface area (Å²) in [6.07, 6.45) is 4.46. The molecule has 2 rings (SSSR count). The summed E-state index contributed by atoms with van der Waals surface area (Å²) in [6.45, 7) is 2.05. The number of nitrogens with zero attached hydrogens (tertiary/aromatic N) is 4. The minimum Gasteiger partial charge on any atom is -0.383 e. The quantitative estimate of drug-likeness (QED) is 0.850. The van der Waals surface area contributed by atoms with Crippen molar-refractivity contribution in [1.29, 1.82) is 0 Å². The van der Waals surface area contributed by atoms with Gasteiger partial charge >= 0.3 is 0 Å². The third-order valence-electron chi connectivity index (χ3n) is 2.24. The van der Waals surface area contributed by atoms with Crippen LogP contribution in [0, 0.1) is 3.57 Å². The third kappa shape index (κ3) is 2.01. The summed E-state index contributed by atoms with van der Waals surface area (Å²) < 4.78 is 2.66. The van der Waals surface area contributed by atoms with E-state index in [0.29, 0.717) is 11.6 Å². The summed E-state index contributed by atoms with van der Waals surface area (Å²) in [7, 11) is 1.86. The summed E-state index contributed by atoms with van der Waals surface area (Å²) in [4.78, 5) is 8.75. The fourth-order valence-electron chi connectivity index (χ4n) is 1.41. The van der Waals surface area contributed by atoms with E-state index in [1.54, 1.807) is 10.9 Å². The number of aryl methyl sites for hydroxylation is 2. The second-order valence-corrected chi connectivity index (χ2v) is 4.53. The molecule has 0 saturated heterocycles. The Bertz CT molecular complexity index is 520. The Balaban J connectivity index is 2.54. The zero-order valence-corrected chi connectivity index (χ0v) is 11.3. The third-order valence-corrected chi connectivity index (χ3v) is 3.42. The second-order valence-electron chi connectivity index (χ2n) is 3.45. The first-order chi connectivity index (χ1) is 7.61. The monoisotopic (exact) mass is 329 g/mol. The van der Waals surface area contributed by atoms with E-state index in [9.17, 15) is 0 Å². The van der Waals surface area contributed by atoms with Crippen LogP contribution in [0.25, 0.3) is 11.4 Å². The van der Waals surface area contributed by atoms with Crippen molar-refractivity contribution in [3.8, 4) is 11.4 Å². The summed E-state index contributed by atoms with van der Waals surface area (Å²) in [5.74, 6) is 1.18. The molecule has 2 aromatic heterocycles. The van der Waals surface area contributed by atoms with Gasteiger partial charge in [0.2, 0.25) is 0 Å². The predicted octanol–water partition coefficient (Wildman–Crippen LogP) is 1.63. The average molecular weight is 329 g/mol. The molecular weight excluding hydrogens is 317 g/mol. The summed E-state index contributed by atoms with van der Waals surface area (Å²) in [5, 5.41) is 4.09. The number of hydrogen-bond donors (Lipinski definition) is 1. The van der Waals surface area contributed by atoms with Crippen LogP contribution in [0.4, 0.5) is 5.82 Å². The SMILES string of the molecule is CCc1nc(-c2cnn(C)c2)nc(N)c1I. The minimum atomic E-state index is 0.534. The van der Waals surface area contributed by atoms with Crippen molar-refractivity contribution in [1.82, 2.24) is 19.7 Å². The van der Waals surface area contributed by atoms with Gasteiger partial charge in [-0.15, -0.1) is 0 Å². The van der Waals surface area contributed by atoms with Crippen LogP contribution in [0.15, 0.2) is 12.4 Å². The van der Waals surface area contributed by atoms with Crippen molar-refractivity contribution in [3.63, 3.8) is 0 Å². The molecule has 0 spiro atoms. The number of anilines is 1. The fraction of sp³-hybridized carbons (Fsp3) is 0.300. The van der Waals surface area contributed by atoms with Crippen molar-refractivity contribution >= 4 is 28.4 Å². The highest BCUT2D eigenvalue weighted by atomic mass is 127. The molecule has 0 unspecified atom stereocenters. The van der Waals surface area contributed by atoms with Gasteiger partial charge in [0.25, 0.3) is 0 Å². The number of hydrogen-bond acceptors (Lipinski definition) is 4. The first-order valence-electron chi connectivity index (χ1n) is 4.92. The van der Waals surface area contributed by atoms with Crippen LogP contribution >= 0.6 is 22.6 Å². The maximum Gasteiger partial charge on any atom is 0.165 e. The zero-order chi connectivity index (χ0) is 11.7. The molecule has 0 aliphatic heterocycles. The molecule has 0 aliphatic carbocycles. The van der Waals surface area contributed by atoms with Crippen molar-refractivity contribution in [2.45, 2.75) is 13.3 Å². The Morgan fingerprint density at radius 1 is 1.44 bits per heavy atom. The first kappa shape index (κ1) is 11.3. The predicted molar refractivity (Wildman–Crippen MR) is 70.7 cm³/mol. The molecule has 2 N–H and O–H groups in total. The van der Waals surface area contributed by atoms with E-state index in [4.69, 9.17) is 5.73 Å². The van der Waals surface area contributed by atoms with Crippen LogP contribution in [0.3, 0.4) is 0 Å². The highest BCUT2D eigenvalue weighted by Gasteiger charge is 2.10. The molecule has 16 heavy (non-hydrogen) atoms. The fourth-order valence-corrected chi connectivity index (χ4v) is 2.04. The lowest BCUT2D eigenvalue weighted by Gasteiger charge is -2.05. The van der Waals surface area contributed by atoms with Gasteiger partial charge in [0.15, 0.2) is 5.82 Å². The molecule has 84 valence electrons. The smallest absolute Gasteiger partial charge is 0.165 e. The number of aromatic nitrogens is 4. The Kier molecular flexibility index (Phi) is 3.08. The van der Waals surface area contributed by atoms with E-state index in [1.165, 1.54) is 0 Å². The van der Waals surface area contributed by atoms with Crippen LogP contribution in [0.1, 0.15) is 12.6 Å². The molecule has 5 nitrogen and oxygen atoms in total. The van der Waals surface area contributed by atoms with Gasteiger partial charge in [-0.1, -0.05) is 6.92 Å². The maximum absolute atomic E-state index is 5.86. The minimum absolute atomic E-state index is 0.534. The molecule has 6 heteroatoms. The normalized spacial score (nSPS) is 10.7. The summed E-state index contributed by atoms with van der Waals surface area (Å²) in [6, 6.07) is 0. The van der Waals surface area contributed by atoms with Gasteiger partial charge < -0.3 is 5.73 Å². The highest BCUT2D eigenvalue weighted by Crippen LogP contribution is 2.21. The van der Waals surface area contributed by atoms with E-state index in [2.05, 4.69) is 44.6 Å². The lowest BCUT2D eigenvalue weighted by atomic mass is 10.3. The Labute approximate surface area is 107 Å². The zero-order valence-electron chi connectivity index (χ0n) is 9.11. The van der Waals surface area contributed by atoms with Crippen LogP contribution in [-0.2, 0) is 13.5 Å². The van der Waals surface area contributed by atoms with Crippen molar-refractivity contribution < 1.29 is 0 Å². The van der Waals surface area contributed by atoms with E-state index in [1.807, 2.05) is 13.2 Å². The summed E-state index contributed by atoms with van der Waals surface area (Å²) in [5.41, 5.74) is 7.72. The molecular formula is C10H12IN5. The average Bonchev–Trinajstić information content (AvgIpc) is 2.69. The molecule has 0 aromatic carbocycles. The lowest BCUT2D eigenvalue weighted by Crippen LogP contribution is -2.03. The van der Waals surface area contributed by atoms with E-state index in [0.717, 1.165) is 21.2 Å². The van der Waals surface area contributed by atoms with Gasteiger partial charge in [-0.3, -0.25) is 4.68 Å². The van der Waals surface area contributed by atoms with Crippen LogP contribution in [0.2, 0.25) is 0 Å². The van der Waals surface area contributed by atoms with Crippen LogP contribution in [-0.4, -0.2) is 19.7 Å². The van der Waals surface area contributed by atoms with E-state index < -0.39 is 0 Å². The number of nitrogens with two attached hydrogens (primary N) is 1. The molecule has 0 amide bonds. The number of rotatable bonds is 2. The molecule has 0 radical (unpaired) electrons. The van der Waals surface area contributed by atoms with Gasteiger partial charge in [0.05, 0.1) is 21.0 Å². The molecule has 2 heterocycles. The standard InChI is InChI=1S/C10H12IN5/c1-3-7-8(11)9(12)15-10(14-7)6-4-13-16(2)5-6/h4-5H,3H2,1-2H3,(H2,12,14,15). The van der Waals surface area contributed by atoms with Gasteiger partial charge in [-0.25, -0.2) is 9.97 Å². The Hall–Kier alpha value is -1.18. The Morgan fingerprint density at radius 3 is 2.75 bits per heavy atom. The molecule has 0 saturated carbocycles. The molecule has 0 fully saturated rings. The summed E-state index contributed by atoms with van der Waals surface area (Å²) >= 11 is 2.18. The van der Waals surface area contributed by atoms with E-state index >= 15 is 0 Å². The second kappa shape index (κ2) is 4.36. The van der Waals surface area contributed by atoms with Crippen LogP contribution < -0.4 is 5.73 Å². The van der Waals surface area contributed by atoms with Gasteiger partial charge in [-0.2, -0.15) is 5.10 Å². The largest absolute Gasteiger partial charge is 0.383 e. The van der Waals surface area contributed by atoms with Crippen molar-refractivity contribution in [2.24, 2.45) is 7.05 Å². The highest BCUT2D eigenvalue weighted by molar-refractivity contribution is 14.1. The van der Waals surface area contributed by atoms with Gasteiger partial charge in [0, 0.05) is 13.2 Å². The maximum atomic E-state index is 5.86. The molecule has 0 bridgehead atoms. The molecule has 0 atom stereocenters. The van der Waals surface area contributed by atoms with Gasteiger partial charge in [-0.05, 0) is 29.0 Å². The van der Waals surface area contributed by atoms with E-state index in [-0.39, 0.29) is 0 Å².